The van der Waals surface area contributed by atoms with E-state index in [1.807, 2.05) is 54.3 Å². The Labute approximate surface area is 256 Å². The fraction of sp³-hybridized carbons (Fsp3) is 0.571. The maximum absolute atomic E-state index is 13.8. The minimum Gasteiger partial charge on any atom is -0.390 e. The molecule has 1 saturated carbocycles. The Bertz CT molecular complexity index is 1220. The molecule has 232 valence electrons. The van der Waals surface area contributed by atoms with Gasteiger partial charge in [0.1, 0.15) is 17.7 Å². The summed E-state index contributed by atoms with van der Waals surface area (Å²) in [6, 6.07) is 17.5. The summed E-state index contributed by atoms with van der Waals surface area (Å²) in [7, 11) is 0. The van der Waals surface area contributed by atoms with Crippen molar-refractivity contribution in [2.75, 3.05) is 19.6 Å². The van der Waals surface area contributed by atoms with Crippen molar-refractivity contribution in [3.05, 3.63) is 71.3 Å². The van der Waals surface area contributed by atoms with Gasteiger partial charge in [0.2, 0.25) is 11.8 Å². The van der Waals surface area contributed by atoms with E-state index in [-0.39, 0.29) is 23.8 Å². The highest BCUT2D eigenvalue weighted by Gasteiger charge is 2.55. The van der Waals surface area contributed by atoms with Gasteiger partial charge in [-0.2, -0.15) is 0 Å². The molecule has 1 aliphatic carbocycles. The molecule has 2 N–H and O–H groups in total. The van der Waals surface area contributed by atoms with Crippen LogP contribution in [0.1, 0.15) is 94.4 Å². The first-order chi connectivity index (χ1) is 20.9. The number of hydrogen-bond acceptors (Lipinski definition) is 6. The first-order valence-corrected chi connectivity index (χ1v) is 16.3. The van der Waals surface area contributed by atoms with E-state index in [0.29, 0.717) is 19.4 Å². The molecule has 8 heteroatoms. The first kappa shape index (κ1) is 31.2. The maximum Gasteiger partial charge on any atom is 0.248 e. The summed E-state index contributed by atoms with van der Waals surface area (Å²) >= 11 is 0. The normalized spacial score (nSPS) is 23.0. The Morgan fingerprint density at radius 2 is 1.74 bits per heavy atom. The third-order valence-corrected chi connectivity index (χ3v) is 9.73. The monoisotopic (exact) mass is 588 g/mol. The number of piperidine rings is 1. The van der Waals surface area contributed by atoms with Gasteiger partial charge in [-0.25, -0.2) is 0 Å². The van der Waals surface area contributed by atoms with E-state index in [9.17, 15) is 14.7 Å². The van der Waals surface area contributed by atoms with Gasteiger partial charge in [-0.15, -0.1) is 0 Å². The fourth-order valence-corrected chi connectivity index (χ4v) is 6.97. The minimum absolute atomic E-state index is 0.0787. The zero-order chi connectivity index (χ0) is 30.2. The van der Waals surface area contributed by atoms with Gasteiger partial charge in [0.05, 0.1) is 12.3 Å². The average Bonchev–Trinajstić information content (AvgIpc) is 3.05. The molecule has 2 saturated heterocycles. The van der Waals surface area contributed by atoms with Gasteiger partial charge in [-0.3, -0.25) is 14.5 Å². The molecule has 5 rings (SSSR count). The number of hydrogen-bond donors (Lipinski definition) is 2. The van der Waals surface area contributed by atoms with E-state index >= 15 is 0 Å². The van der Waals surface area contributed by atoms with Crippen LogP contribution in [0.3, 0.4) is 0 Å². The van der Waals surface area contributed by atoms with Crippen molar-refractivity contribution in [1.29, 1.82) is 0 Å². The summed E-state index contributed by atoms with van der Waals surface area (Å²) in [5.41, 5.74) is 2.41. The van der Waals surface area contributed by atoms with Gasteiger partial charge in [-0.1, -0.05) is 92.4 Å². The summed E-state index contributed by atoms with van der Waals surface area (Å²) in [5.74, 6) is -0.107. The molecule has 8 nitrogen and oxygen atoms in total. The second-order valence-electron chi connectivity index (χ2n) is 12.6. The van der Waals surface area contributed by atoms with Crippen molar-refractivity contribution in [3.63, 3.8) is 0 Å². The van der Waals surface area contributed by atoms with Crippen LogP contribution in [-0.4, -0.2) is 70.3 Å². The van der Waals surface area contributed by atoms with Gasteiger partial charge < -0.3 is 20.2 Å². The molecule has 2 aliphatic heterocycles. The molecule has 2 amide bonds. The number of carbonyl (C=O) groups excluding carboxylic acids is 2. The van der Waals surface area contributed by atoms with Crippen molar-refractivity contribution in [2.24, 2.45) is 11.1 Å². The molecule has 2 aromatic carbocycles. The number of unbranched alkanes of at least 4 members (excludes halogenated alkanes) is 1. The highest BCUT2D eigenvalue weighted by molar-refractivity contribution is 6.00. The standard InChI is InChI=1S/C35H48N4O4/c1-3-4-21-39-33(41)31(32(40)30-13-9-6-10-14-30)37-34(42)35(39)19-22-38(23-20-35)25-28-17-15-27(16-18-28)24-36-43-26(2)29-11-7-5-8-12-29/h5,7-8,11-12,15-18,24,26,30-32,40H,3-4,6,9-10,13-14,19-23,25H2,1-2H3,(H,37,42)/b36-24+/t26-,31-,32-/m1/s1. The quantitative estimate of drug-likeness (QED) is 0.278. The van der Waals surface area contributed by atoms with E-state index in [1.165, 1.54) is 12.0 Å². The molecular weight excluding hydrogens is 540 g/mol. The van der Waals surface area contributed by atoms with Gasteiger partial charge in [0, 0.05) is 26.2 Å². The van der Waals surface area contributed by atoms with Crippen LogP contribution in [0.4, 0.5) is 0 Å². The van der Waals surface area contributed by atoms with Crippen LogP contribution in [0, 0.1) is 5.92 Å². The summed E-state index contributed by atoms with van der Waals surface area (Å²) in [6.07, 6.45) is 8.97. The largest absolute Gasteiger partial charge is 0.390 e. The molecule has 3 atom stereocenters. The van der Waals surface area contributed by atoms with Crippen molar-refractivity contribution >= 4 is 18.0 Å². The number of rotatable bonds is 11. The highest BCUT2D eigenvalue weighted by Crippen LogP contribution is 2.36. The highest BCUT2D eigenvalue weighted by atomic mass is 16.6. The maximum atomic E-state index is 13.8. The SMILES string of the molecule is CCCCN1C(=O)[C@@H]([C@H](O)C2CCCCC2)NC(=O)C12CCN(Cc1ccc(/C=N/O[C@H](C)c3ccccc3)cc1)CC2. The van der Waals surface area contributed by atoms with E-state index < -0.39 is 17.7 Å². The molecule has 3 aliphatic rings. The summed E-state index contributed by atoms with van der Waals surface area (Å²) in [5, 5.41) is 18.4. The molecule has 43 heavy (non-hydrogen) atoms. The topological polar surface area (TPSA) is 94.5 Å². The lowest BCUT2D eigenvalue weighted by atomic mass is 9.78. The van der Waals surface area contributed by atoms with E-state index in [4.69, 9.17) is 4.84 Å². The Balaban J connectivity index is 1.17. The Kier molecular flexibility index (Phi) is 10.5. The van der Waals surface area contributed by atoms with Crippen LogP contribution < -0.4 is 5.32 Å². The van der Waals surface area contributed by atoms with Crippen LogP contribution in [0.5, 0.6) is 0 Å². The number of carbonyl (C=O) groups is 2. The van der Waals surface area contributed by atoms with Crippen LogP contribution in [-0.2, 0) is 21.0 Å². The van der Waals surface area contributed by atoms with Crippen LogP contribution in [0.15, 0.2) is 59.8 Å². The smallest absolute Gasteiger partial charge is 0.248 e. The van der Waals surface area contributed by atoms with Crippen LogP contribution >= 0.6 is 0 Å². The van der Waals surface area contributed by atoms with E-state index in [2.05, 4.69) is 34.4 Å². The molecule has 0 aromatic heterocycles. The Morgan fingerprint density at radius 3 is 2.42 bits per heavy atom. The molecule has 2 aromatic rings. The number of nitrogens with zero attached hydrogens (tertiary/aromatic N) is 3. The van der Waals surface area contributed by atoms with Gasteiger partial charge in [0.15, 0.2) is 0 Å². The number of aliphatic hydroxyl groups excluding tert-OH is 1. The number of piperazine rings is 1. The summed E-state index contributed by atoms with van der Waals surface area (Å²) in [4.78, 5) is 37.4. The molecule has 1 spiro atoms. The second kappa shape index (κ2) is 14.5. The first-order valence-electron chi connectivity index (χ1n) is 16.3. The molecular formula is C35H48N4O4. The third kappa shape index (κ3) is 7.29. The third-order valence-electron chi connectivity index (χ3n) is 9.73. The number of nitrogens with one attached hydrogen (secondary N) is 1. The summed E-state index contributed by atoms with van der Waals surface area (Å²) in [6.45, 7) is 6.89. The van der Waals surface area contributed by atoms with Crippen molar-refractivity contribution in [2.45, 2.75) is 102 Å². The second-order valence-corrected chi connectivity index (χ2v) is 12.6. The van der Waals surface area contributed by atoms with Crippen LogP contribution in [0.25, 0.3) is 0 Å². The molecule has 0 unspecified atom stereocenters. The van der Waals surface area contributed by atoms with E-state index in [0.717, 1.165) is 69.3 Å². The average molecular weight is 589 g/mol. The van der Waals surface area contributed by atoms with E-state index in [1.54, 1.807) is 6.21 Å². The van der Waals surface area contributed by atoms with Crippen molar-refractivity contribution < 1.29 is 19.5 Å². The van der Waals surface area contributed by atoms with Gasteiger partial charge in [-0.05, 0) is 61.6 Å². The van der Waals surface area contributed by atoms with Crippen molar-refractivity contribution in [3.8, 4) is 0 Å². The Morgan fingerprint density at radius 1 is 1.05 bits per heavy atom. The Hall–Kier alpha value is -3.23. The number of aliphatic hydroxyl groups is 1. The summed E-state index contributed by atoms with van der Waals surface area (Å²) < 4.78 is 0. The predicted octanol–water partition coefficient (Wildman–Crippen LogP) is 5.20. The zero-order valence-electron chi connectivity index (χ0n) is 25.8. The zero-order valence-corrected chi connectivity index (χ0v) is 25.8. The number of oxime groups is 1. The lowest BCUT2D eigenvalue weighted by Gasteiger charge is -2.52. The van der Waals surface area contributed by atoms with Gasteiger partial charge in [0.25, 0.3) is 0 Å². The lowest BCUT2D eigenvalue weighted by Crippen LogP contribution is -2.75. The van der Waals surface area contributed by atoms with Gasteiger partial charge >= 0.3 is 0 Å². The lowest BCUT2D eigenvalue weighted by molar-refractivity contribution is -0.166. The molecule has 0 bridgehead atoms. The fourth-order valence-electron chi connectivity index (χ4n) is 6.97. The number of amides is 2. The predicted molar refractivity (Wildman–Crippen MR) is 168 cm³/mol. The number of likely N-dealkylation sites (tertiary alicyclic amines) is 1. The molecule has 3 fully saturated rings. The molecule has 0 radical (unpaired) electrons. The van der Waals surface area contributed by atoms with Crippen molar-refractivity contribution in [1.82, 2.24) is 15.1 Å². The minimum atomic E-state index is -0.831. The molecule has 2 heterocycles. The number of benzene rings is 2. The van der Waals surface area contributed by atoms with Crippen LogP contribution in [0.2, 0.25) is 0 Å².